The van der Waals surface area contributed by atoms with Crippen molar-refractivity contribution < 1.29 is 8.42 Å². The van der Waals surface area contributed by atoms with Crippen molar-refractivity contribution in [3.8, 4) is 6.07 Å². The van der Waals surface area contributed by atoms with E-state index in [4.69, 9.17) is 11.0 Å². The van der Waals surface area contributed by atoms with Gasteiger partial charge in [-0.1, -0.05) is 24.3 Å². The Morgan fingerprint density at radius 1 is 1.19 bits per heavy atom. The summed E-state index contributed by atoms with van der Waals surface area (Å²) in [7, 11) is -2.12. The first-order chi connectivity index (χ1) is 9.94. The van der Waals surface area contributed by atoms with Gasteiger partial charge in [0, 0.05) is 12.7 Å². The normalized spacial score (nSPS) is 10.9. The van der Waals surface area contributed by atoms with Gasteiger partial charge >= 0.3 is 0 Å². The maximum Gasteiger partial charge on any atom is 0.239 e. The molecule has 0 heterocycles. The highest BCUT2D eigenvalue weighted by Gasteiger charge is 2.20. The summed E-state index contributed by atoms with van der Waals surface area (Å²) in [5.74, 6) is -0.234. The predicted molar refractivity (Wildman–Crippen MR) is 83.0 cm³/mol. The van der Waals surface area contributed by atoms with Crippen molar-refractivity contribution in [3.05, 3.63) is 59.7 Å². The Balaban J connectivity index is 2.32. The molecule has 108 valence electrons. The van der Waals surface area contributed by atoms with Gasteiger partial charge in [0.05, 0.1) is 23.1 Å². The monoisotopic (exact) mass is 301 g/mol. The van der Waals surface area contributed by atoms with Crippen LogP contribution >= 0.6 is 0 Å². The molecule has 2 aromatic carbocycles. The second-order valence-electron chi connectivity index (χ2n) is 4.59. The van der Waals surface area contributed by atoms with Crippen LogP contribution in [0.3, 0.4) is 0 Å². The summed E-state index contributed by atoms with van der Waals surface area (Å²) in [6, 6.07) is 15.3. The number of sulfonamides is 1. The highest BCUT2D eigenvalue weighted by molar-refractivity contribution is 7.92. The predicted octanol–water partition coefficient (Wildman–Crippen LogP) is 2.11. The minimum absolute atomic E-state index is 0.234. The number of nitrogens with two attached hydrogens (primary N) is 1. The molecule has 2 rings (SSSR count). The van der Waals surface area contributed by atoms with E-state index in [-0.39, 0.29) is 5.75 Å². The van der Waals surface area contributed by atoms with Crippen molar-refractivity contribution in [1.82, 2.24) is 0 Å². The third-order valence-corrected chi connectivity index (χ3v) is 4.85. The van der Waals surface area contributed by atoms with Crippen molar-refractivity contribution in [2.45, 2.75) is 5.75 Å². The average Bonchev–Trinajstić information content (AvgIpc) is 2.46. The molecule has 0 atom stereocenters. The number of benzene rings is 2. The van der Waals surface area contributed by atoms with Crippen LogP contribution in [0.1, 0.15) is 11.1 Å². The van der Waals surface area contributed by atoms with Gasteiger partial charge in [-0.05, 0) is 29.8 Å². The van der Waals surface area contributed by atoms with E-state index >= 15 is 0 Å². The van der Waals surface area contributed by atoms with Crippen LogP contribution < -0.4 is 10.0 Å². The lowest BCUT2D eigenvalue weighted by atomic mass is 10.1. The molecule has 0 aliphatic rings. The largest absolute Gasteiger partial charge is 0.399 e. The number of nitriles is 1. The van der Waals surface area contributed by atoms with Crippen LogP contribution in [0.5, 0.6) is 0 Å². The molecule has 2 N–H and O–H groups in total. The first kappa shape index (κ1) is 14.9. The number of hydrogen-bond donors (Lipinski definition) is 1. The Labute approximate surface area is 124 Å². The second kappa shape index (κ2) is 5.85. The highest BCUT2D eigenvalue weighted by atomic mass is 32.2. The third kappa shape index (κ3) is 3.33. The molecule has 0 radical (unpaired) electrons. The fourth-order valence-electron chi connectivity index (χ4n) is 1.93. The molecular formula is C15H15N3O2S. The van der Waals surface area contributed by atoms with Gasteiger partial charge in [-0.15, -0.1) is 0 Å². The molecule has 2 aromatic rings. The van der Waals surface area contributed by atoms with Crippen molar-refractivity contribution in [1.29, 1.82) is 5.26 Å². The van der Waals surface area contributed by atoms with E-state index in [9.17, 15) is 8.42 Å². The van der Waals surface area contributed by atoms with Gasteiger partial charge in [0.15, 0.2) is 0 Å². The van der Waals surface area contributed by atoms with Gasteiger partial charge in [-0.2, -0.15) is 5.26 Å². The molecule has 0 aliphatic heterocycles. The maximum absolute atomic E-state index is 12.5. The lowest BCUT2D eigenvalue weighted by molar-refractivity contribution is 0.593. The molecule has 6 heteroatoms. The van der Waals surface area contributed by atoms with E-state index in [1.54, 1.807) is 48.5 Å². The minimum atomic E-state index is -3.59. The molecule has 21 heavy (non-hydrogen) atoms. The molecule has 0 saturated carbocycles. The first-order valence-corrected chi connectivity index (χ1v) is 7.85. The van der Waals surface area contributed by atoms with Gasteiger partial charge in [-0.25, -0.2) is 8.42 Å². The molecule has 0 unspecified atom stereocenters. The van der Waals surface area contributed by atoms with E-state index < -0.39 is 10.0 Å². The number of nitrogen functional groups attached to an aromatic ring is 1. The maximum atomic E-state index is 12.5. The molecule has 0 spiro atoms. The van der Waals surface area contributed by atoms with E-state index in [0.717, 1.165) is 0 Å². The van der Waals surface area contributed by atoms with Crippen LogP contribution in [0.2, 0.25) is 0 Å². The Morgan fingerprint density at radius 2 is 1.90 bits per heavy atom. The van der Waals surface area contributed by atoms with Gasteiger partial charge in [0.25, 0.3) is 0 Å². The van der Waals surface area contributed by atoms with Crippen molar-refractivity contribution in [2.24, 2.45) is 0 Å². The zero-order valence-electron chi connectivity index (χ0n) is 11.5. The molecule has 0 aliphatic carbocycles. The summed E-state index contributed by atoms with van der Waals surface area (Å²) in [5, 5.41) is 9.03. The number of rotatable bonds is 4. The van der Waals surface area contributed by atoms with E-state index in [0.29, 0.717) is 22.5 Å². The number of anilines is 2. The first-order valence-electron chi connectivity index (χ1n) is 6.24. The van der Waals surface area contributed by atoms with Crippen LogP contribution in [-0.2, 0) is 15.8 Å². The second-order valence-corrected chi connectivity index (χ2v) is 6.59. The molecule has 0 saturated heterocycles. The summed E-state index contributed by atoms with van der Waals surface area (Å²) < 4.78 is 26.1. The Kier molecular flexibility index (Phi) is 4.15. The SMILES string of the molecule is CN(c1cccc(N)c1)S(=O)(=O)Cc1ccccc1C#N. The standard InChI is InChI=1S/C15H15N3O2S/c1-18(15-8-4-7-14(17)9-15)21(19,20)11-13-6-3-2-5-12(13)10-16/h2-9H,11,17H2,1H3. The molecule has 5 nitrogen and oxygen atoms in total. The fourth-order valence-corrected chi connectivity index (χ4v) is 3.20. The lowest BCUT2D eigenvalue weighted by Gasteiger charge is -2.20. The smallest absolute Gasteiger partial charge is 0.239 e. The lowest BCUT2D eigenvalue weighted by Crippen LogP contribution is -2.28. The summed E-state index contributed by atoms with van der Waals surface area (Å²) in [4.78, 5) is 0. The number of hydrogen-bond acceptors (Lipinski definition) is 4. The topological polar surface area (TPSA) is 87.2 Å². The van der Waals surface area contributed by atoms with E-state index in [1.807, 2.05) is 6.07 Å². The Bertz CT molecular complexity index is 795. The van der Waals surface area contributed by atoms with Crippen LogP contribution in [0.4, 0.5) is 11.4 Å². The molecule has 0 amide bonds. The summed E-state index contributed by atoms with van der Waals surface area (Å²) in [6.45, 7) is 0. The van der Waals surface area contributed by atoms with Crippen molar-refractivity contribution >= 4 is 21.4 Å². The fraction of sp³-hybridized carbons (Fsp3) is 0.133. The van der Waals surface area contributed by atoms with Crippen LogP contribution in [0, 0.1) is 11.3 Å². The van der Waals surface area contributed by atoms with Gasteiger partial charge < -0.3 is 5.73 Å². The Hall–Kier alpha value is -2.52. The zero-order chi connectivity index (χ0) is 15.5. The van der Waals surface area contributed by atoms with Gasteiger partial charge in [0.1, 0.15) is 0 Å². The molecule has 0 aromatic heterocycles. The summed E-state index contributed by atoms with van der Waals surface area (Å²) >= 11 is 0. The summed E-state index contributed by atoms with van der Waals surface area (Å²) in [6.07, 6.45) is 0. The molecular weight excluding hydrogens is 286 g/mol. The van der Waals surface area contributed by atoms with Crippen molar-refractivity contribution in [2.75, 3.05) is 17.1 Å². The quantitative estimate of drug-likeness (QED) is 0.876. The summed E-state index contributed by atoms with van der Waals surface area (Å²) in [5.41, 5.74) is 7.50. The van der Waals surface area contributed by atoms with Gasteiger partial charge in [0.2, 0.25) is 10.0 Å². The minimum Gasteiger partial charge on any atom is -0.399 e. The number of nitrogens with zero attached hydrogens (tertiary/aromatic N) is 2. The average molecular weight is 301 g/mol. The van der Waals surface area contributed by atoms with Crippen LogP contribution in [0.15, 0.2) is 48.5 Å². The van der Waals surface area contributed by atoms with Crippen LogP contribution in [0.25, 0.3) is 0 Å². The third-order valence-electron chi connectivity index (χ3n) is 3.13. The highest BCUT2D eigenvalue weighted by Crippen LogP contribution is 2.22. The Morgan fingerprint density at radius 3 is 2.57 bits per heavy atom. The van der Waals surface area contributed by atoms with E-state index in [2.05, 4.69) is 0 Å². The van der Waals surface area contributed by atoms with Crippen molar-refractivity contribution in [3.63, 3.8) is 0 Å². The zero-order valence-corrected chi connectivity index (χ0v) is 12.3. The van der Waals surface area contributed by atoms with Gasteiger partial charge in [-0.3, -0.25) is 4.31 Å². The molecule has 0 bridgehead atoms. The van der Waals surface area contributed by atoms with Crippen LogP contribution in [-0.4, -0.2) is 15.5 Å². The van der Waals surface area contributed by atoms with E-state index in [1.165, 1.54) is 11.4 Å². The molecule has 0 fully saturated rings.